The van der Waals surface area contributed by atoms with Crippen molar-refractivity contribution >= 4 is 128 Å². The molecule has 0 saturated heterocycles. The number of hydrogen-bond acceptors (Lipinski definition) is 5. The van der Waals surface area contributed by atoms with Crippen molar-refractivity contribution < 1.29 is 24.5 Å². The van der Waals surface area contributed by atoms with E-state index >= 15 is 0 Å². The average molecular weight is 1070 g/mol. The van der Waals surface area contributed by atoms with Crippen molar-refractivity contribution in [3.8, 4) is 45.1 Å². The molecule has 390 valence electrons. The molecule has 5 aromatic heterocycles. The Morgan fingerprint density at radius 3 is 1.96 bits per heavy atom. The number of aromatic nitrogens is 3. The highest BCUT2D eigenvalue weighted by Gasteiger charge is 2.43. The summed E-state index contributed by atoms with van der Waals surface area (Å²) in [5.41, 5.74) is 15.7. The lowest BCUT2D eigenvalue weighted by Crippen LogP contribution is -2.59. The van der Waals surface area contributed by atoms with Gasteiger partial charge in [-0.05, 0) is 123 Å². The number of benzene rings is 11. The van der Waals surface area contributed by atoms with Crippen LogP contribution in [0.15, 0.2) is 252 Å². The number of ether oxygens (including phenoxy) is 1. The molecule has 0 saturated carbocycles. The van der Waals surface area contributed by atoms with Crippen LogP contribution in [-0.2, 0) is 5.41 Å². The van der Waals surface area contributed by atoms with Crippen molar-refractivity contribution in [1.82, 2.24) is 14.1 Å². The van der Waals surface area contributed by atoms with Gasteiger partial charge in [-0.2, -0.15) is 0 Å². The number of pyridine rings is 1. The number of hydrogen-bond donors (Lipinski definition) is 0. The quantitative estimate of drug-likeness (QED) is 0.161. The van der Waals surface area contributed by atoms with E-state index in [2.05, 4.69) is 144 Å². The first-order valence-corrected chi connectivity index (χ1v) is 27.9. The fraction of sp³-hybridized carbons (Fsp3) is 0.0533. The minimum atomic E-state index is -0.506. The summed E-state index contributed by atoms with van der Waals surface area (Å²) in [7, 11) is 0. The Hall–Kier alpha value is -10.6. The maximum atomic E-state index is 9.58. The molecule has 0 atom stereocenters. The van der Waals surface area contributed by atoms with E-state index in [1.54, 1.807) is 4.57 Å². The molecule has 11 aromatic carbocycles. The van der Waals surface area contributed by atoms with Gasteiger partial charge in [0, 0.05) is 89.2 Å². The molecule has 0 fully saturated rings. The number of para-hydroxylation sites is 5. The lowest BCUT2D eigenvalue weighted by molar-refractivity contribution is 0.487. The molecule has 0 N–H and O–H groups in total. The summed E-state index contributed by atoms with van der Waals surface area (Å²) in [5, 5.41) is 6.00. The Labute approximate surface area is 488 Å². The van der Waals surface area contributed by atoms with Crippen LogP contribution >= 0.6 is 0 Å². The summed E-state index contributed by atoms with van der Waals surface area (Å²) < 4.78 is 98.5. The largest absolute Gasteiger partial charge is 0.458 e. The van der Waals surface area contributed by atoms with E-state index in [0.29, 0.717) is 28.4 Å². The zero-order valence-electron chi connectivity index (χ0n) is 53.1. The maximum Gasteiger partial charge on any atom is 0.256 e. The van der Waals surface area contributed by atoms with Crippen LogP contribution in [0, 0.1) is 0 Å². The van der Waals surface area contributed by atoms with Crippen molar-refractivity contribution in [2.24, 2.45) is 0 Å². The molecule has 0 aliphatic carbocycles. The Balaban J connectivity index is 0.968. The van der Waals surface area contributed by atoms with Gasteiger partial charge >= 0.3 is 0 Å². The predicted octanol–water partition coefficient (Wildman–Crippen LogP) is 18.1. The molecule has 0 unspecified atom stereocenters. The molecule has 0 spiro atoms. The van der Waals surface area contributed by atoms with E-state index < -0.39 is 43.0 Å². The summed E-state index contributed by atoms with van der Waals surface area (Å²) in [4.78, 5) is 6.88. The van der Waals surface area contributed by atoms with Crippen LogP contribution in [0.2, 0.25) is 0 Å². The van der Waals surface area contributed by atoms with Gasteiger partial charge in [-0.3, -0.25) is 4.98 Å². The molecule has 7 nitrogen and oxygen atoms in total. The third-order valence-electron chi connectivity index (χ3n) is 17.3. The highest BCUT2D eigenvalue weighted by atomic mass is 16.5. The molecule has 0 radical (unpaired) electrons. The Kier molecular flexibility index (Phi) is 7.97. The van der Waals surface area contributed by atoms with Crippen LogP contribution in [0.5, 0.6) is 11.5 Å². The molecule has 0 amide bonds. The Morgan fingerprint density at radius 2 is 1.14 bits per heavy atom. The van der Waals surface area contributed by atoms with E-state index in [9.17, 15) is 5.48 Å². The lowest BCUT2D eigenvalue weighted by Gasteiger charge is -2.41. The molecule has 83 heavy (non-hydrogen) atoms. The third kappa shape index (κ3) is 6.60. The first-order valence-electron chi connectivity index (χ1n) is 31.9. The van der Waals surface area contributed by atoms with Crippen molar-refractivity contribution in [2.75, 3.05) is 4.90 Å². The second-order valence-electron chi connectivity index (χ2n) is 22.8. The standard InChI is InChI=1S/C75H49BN4O3/c1-75(2,3)46-28-33-62(56(40-46)44-16-5-4-6-17-44)80-63-41-47(78-59-24-11-7-18-50(59)51-19-8-12-25-60(51)78)29-31-57(63)76-58-32-30-48(79-61-26-13-9-20-52(61)53-36-37-77-43-65(53)79)42-69(58)82-70-39-45(38-64(80)73(70)76)49-22-15-23-55-72-68(83-74(49)55)35-34-67-71(72)54-21-10-14-27-66(54)81-67/h4-43H,1-3H3/i7D,8D,11D,12D,18D,19D,24D,25D. The van der Waals surface area contributed by atoms with E-state index in [1.807, 2.05) is 85.2 Å². The van der Waals surface area contributed by atoms with Gasteiger partial charge in [0.05, 0.1) is 44.9 Å². The zero-order chi connectivity index (χ0) is 61.8. The maximum absolute atomic E-state index is 9.58. The minimum absolute atomic E-state index is 0.000910. The van der Waals surface area contributed by atoms with Gasteiger partial charge in [-0.25, -0.2) is 0 Å². The highest BCUT2D eigenvalue weighted by molar-refractivity contribution is 6.99. The summed E-state index contributed by atoms with van der Waals surface area (Å²) in [6.07, 6.45) is 3.72. The van der Waals surface area contributed by atoms with Crippen LogP contribution in [-0.4, -0.2) is 20.8 Å². The van der Waals surface area contributed by atoms with Crippen molar-refractivity contribution in [3.05, 3.63) is 248 Å². The van der Waals surface area contributed by atoms with E-state index in [1.165, 1.54) is 0 Å². The third-order valence-corrected chi connectivity index (χ3v) is 17.3. The van der Waals surface area contributed by atoms with Gasteiger partial charge in [0.1, 0.15) is 33.8 Å². The van der Waals surface area contributed by atoms with Gasteiger partial charge in [0.25, 0.3) is 6.71 Å². The van der Waals surface area contributed by atoms with Crippen molar-refractivity contribution in [2.45, 2.75) is 26.2 Å². The van der Waals surface area contributed by atoms with E-state index in [0.717, 1.165) is 121 Å². The van der Waals surface area contributed by atoms with Crippen LogP contribution in [0.25, 0.3) is 121 Å². The van der Waals surface area contributed by atoms with Crippen LogP contribution in [0.1, 0.15) is 37.3 Å². The fourth-order valence-electron chi connectivity index (χ4n) is 13.6. The highest BCUT2D eigenvalue weighted by Crippen LogP contribution is 2.50. The average Bonchev–Trinajstić information content (AvgIpc) is 1.66. The van der Waals surface area contributed by atoms with Gasteiger partial charge in [-0.1, -0.05) is 160 Å². The second-order valence-corrected chi connectivity index (χ2v) is 22.8. The summed E-state index contributed by atoms with van der Waals surface area (Å²) in [6, 6.07) is 58.8. The number of nitrogens with zero attached hydrogens (tertiary/aromatic N) is 4. The summed E-state index contributed by atoms with van der Waals surface area (Å²) in [6.45, 7) is 6.14. The van der Waals surface area contributed by atoms with Gasteiger partial charge in [0.2, 0.25) is 0 Å². The molecule has 16 aromatic rings. The molecule has 18 rings (SSSR count). The normalized spacial score (nSPS) is 14.4. The number of anilines is 3. The molecular formula is C75H49BN4O3. The number of rotatable bonds is 5. The fourth-order valence-corrected chi connectivity index (χ4v) is 13.6. The smallest absolute Gasteiger partial charge is 0.256 e. The number of fused-ring (bicyclic) bond motifs is 17. The van der Waals surface area contributed by atoms with E-state index in [4.69, 9.17) is 19.1 Å². The monoisotopic (exact) mass is 1070 g/mol. The molecular weight excluding hydrogens is 1020 g/mol. The topological polar surface area (TPSA) is 61.5 Å². The van der Waals surface area contributed by atoms with Crippen molar-refractivity contribution in [3.63, 3.8) is 0 Å². The molecule has 0 bridgehead atoms. The van der Waals surface area contributed by atoms with Crippen LogP contribution in [0.4, 0.5) is 17.1 Å². The van der Waals surface area contributed by atoms with Crippen LogP contribution in [0.3, 0.4) is 0 Å². The molecule has 7 heterocycles. The first kappa shape index (κ1) is 38.9. The summed E-state index contributed by atoms with van der Waals surface area (Å²) >= 11 is 0. The lowest BCUT2D eigenvalue weighted by atomic mass is 9.34. The summed E-state index contributed by atoms with van der Waals surface area (Å²) in [5.74, 6) is 1.27. The number of furan rings is 2. The molecule has 2 aliphatic heterocycles. The van der Waals surface area contributed by atoms with E-state index in [-0.39, 0.29) is 39.3 Å². The zero-order valence-corrected chi connectivity index (χ0v) is 45.1. The van der Waals surface area contributed by atoms with Gasteiger partial charge < -0.3 is 27.6 Å². The molecule has 8 heteroatoms. The van der Waals surface area contributed by atoms with Gasteiger partial charge in [0.15, 0.2) is 0 Å². The SMILES string of the molecule is [2H]c1c([2H])c([2H])c2c(c1[2H])c1c([2H])c([2H])c([2H])c([2H])c1n2-c1ccc2c(c1)N(c1ccc(C(C)(C)C)cc1-c1ccccc1)c1cc(-c3cccc4c3oc3ccc5oc6ccccc6c5c34)cc3c1B2c1ccc(-n2c4ccccc4c4ccncc42)cc1O3. The second kappa shape index (κ2) is 17.0. The van der Waals surface area contributed by atoms with Crippen LogP contribution < -0.4 is 26.0 Å². The minimum Gasteiger partial charge on any atom is -0.458 e. The molecule has 2 aliphatic rings. The predicted molar refractivity (Wildman–Crippen MR) is 343 cm³/mol. The van der Waals surface area contributed by atoms with Gasteiger partial charge in [-0.15, -0.1) is 0 Å². The Morgan fingerprint density at radius 1 is 0.458 bits per heavy atom. The first-order chi connectivity index (χ1) is 44.1. The Bertz CT molecular complexity index is 5810. The van der Waals surface area contributed by atoms with Crippen molar-refractivity contribution in [1.29, 1.82) is 0 Å².